The molecular weight excluding hydrogens is 123 g/mol. The Kier molecular flexibility index (Phi) is 16.3. The van der Waals surface area contributed by atoms with Gasteiger partial charge in [-0.1, -0.05) is 12.8 Å². The molecule has 9 heavy (non-hydrogen) atoms. The van der Waals surface area contributed by atoms with Gasteiger partial charge in [0, 0.05) is 29.6 Å². The molecule has 0 amide bonds. The van der Waals surface area contributed by atoms with E-state index in [1.165, 1.54) is 12.8 Å². The molecule has 0 aromatic rings. The van der Waals surface area contributed by atoms with Crippen molar-refractivity contribution in [3.63, 3.8) is 0 Å². The Morgan fingerprint density at radius 3 is 1.22 bits per heavy atom. The largest absolute Gasteiger partial charge is 0.330 e. The molecule has 0 atom stereocenters. The smallest absolute Gasteiger partial charge is 0 e. The number of unbranched alkanes of at least 4 members (excludes halogenated alkanes) is 3. The van der Waals surface area contributed by atoms with Gasteiger partial charge in [-0.25, -0.2) is 0 Å². The van der Waals surface area contributed by atoms with Gasteiger partial charge in [0.05, 0.1) is 0 Å². The second-order valence-electron chi connectivity index (χ2n) is 1.99. The quantitative estimate of drug-likeness (QED) is 0.419. The maximum atomic E-state index is 5.28. The molecule has 1 radical (unpaired) electrons. The molecule has 0 fully saturated rings. The van der Waals surface area contributed by atoms with Crippen LogP contribution in [-0.4, -0.2) is 42.6 Å². The van der Waals surface area contributed by atoms with E-state index in [1.54, 1.807) is 0 Å². The molecular formula is C6H16N2Na. The Morgan fingerprint density at radius 1 is 0.667 bits per heavy atom. The molecule has 0 spiro atoms. The van der Waals surface area contributed by atoms with Crippen LogP contribution in [-0.2, 0) is 0 Å². The molecule has 0 saturated heterocycles. The van der Waals surface area contributed by atoms with Crippen molar-refractivity contribution in [2.45, 2.75) is 25.7 Å². The minimum atomic E-state index is 0. The number of rotatable bonds is 5. The molecule has 0 saturated carbocycles. The number of hydrogen-bond acceptors (Lipinski definition) is 2. The molecule has 0 aliphatic heterocycles. The third kappa shape index (κ3) is 12.2. The average Bonchev–Trinajstić information content (AvgIpc) is 1.81. The van der Waals surface area contributed by atoms with Crippen molar-refractivity contribution >= 4 is 29.6 Å². The Bertz CT molecular complexity index is 36.0. The van der Waals surface area contributed by atoms with Crippen LogP contribution in [0.1, 0.15) is 25.7 Å². The maximum absolute atomic E-state index is 5.28. The molecule has 51 valence electrons. The van der Waals surface area contributed by atoms with Gasteiger partial charge in [0.25, 0.3) is 0 Å². The third-order valence-corrected chi connectivity index (χ3v) is 1.16. The standard InChI is InChI=1S/C6H16N2.Na/c7-5-3-1-2-4-6-8;/h1-8H2;. The summed E-state index contributed by atoms with van der Waals surface area (Å²) >= 11 is 0. The van der Waals surface area contributed by atoms with Gasteiger partial charge in [0.15, 0.2) is 0 Å². The van der Waals surface area contributed by atoms with Gasteiger partial charge in [0.2, 0.25) is 0 Å². The second kappa shape index (κ2) is 11.7. The normalized spacial score (nSPS) is 8.67. The van der Waals surface area contributed by atoms with Crippen LogP contribution in [0.25, 0.3) is 0 Å². The zero-order valence-corrected chi connectivity index (χ0v) is 8.40. The molecule has 3 heteroatoms. The Morgan fingerprint density at radius 2 is 1.00 bits per heavy atom. The minimum absolute atomic E-state index is 0. The van der Waals surface area contributed by atoms with Crippen LogP contribution in [0.3, 0.4) is 0 Å². The molecule has 0 rings (SSSR count). The first-order valence-corrected chi connectivity index (χ1v) is 3.32. The van der Waals surface area contributed by atoms with Gasteiger partial charge < -0.3 is 11.5 Å². The van der Waals surface area contributed by atoms with Crippen LogP contribution in [0.15, 0.2) is 0 Å². The summed E-state index contributed by atoms with van der Waals surface area (Å²) in [6.45, 7) is 1.65. The summed E-state index contributed by atoms with van der Waals surface area (Å²) in [6.07, 6.45) is 4.79. The third-order valence-electron chi connectivity index (χ3n) is 1.16. The number of nitrogens with two attached hydrogens (primary N) is 2. The van der Waals surface area contributed by atoms with Gasteiger partial charge >= 0.3 is 0 Å². The summed E-state index contributed by atoms with van der Waals surface area (Å²) in [5.74, 6) is 0. The average molecular weight is 139 g/mol. The molecule has 0 aliphatic carbocycles. The summed E-state index contributed by atoms with van der Waals surface area (Å²) in [5.41, 5.74) is 10.6. The summed E-state index contributed by atoms with van der Waals surface area (Å²) in [5, 5.41) is 0. The fourth-order valence-electron chi connectivity index (χ4n) is 0.642. The van der Waals surface area contributed by atoms with Gasteiger partial charge in [-0.3, -0.25) is 0 Å². The van der Waals surface area contributed by atoms with Crippen LogP contribution >= 0.6 is 0 Å². The summed E-state index contributed by atoms with van der Waals surface area (Å²) in [7, 11) is 0. The molecule has 2 nitrogen and oxygen atoms in total. The van der Waals surface area contributed by atoms with E-state index >= 15 is 0 Å². The Balaban J connectivity index is 0. The molecule has 4 N–H and O–H groups in total. The monoisotopic (exact) mass is 139 g/mol. The molecule has 0 aromatic heterocycles. The van der Waals surface area contributed by atoms with Crippen LogP contribution in [0.2, 0.25) is 0 Å². The summed E-state index contributed by atoms with van der Waals surface area (Å²) in [4.78, 5) is 0. The topological polar surface area (TPSA) is 52.0 Å². The van der Waals surface area contributed by atoms with E-state index in [-0.39, 0.29) is 29.6 Å². The fraction of sp³-hybridized carbons (Fsp3) is 1.00. The molecule has 0 aliphatic rings. The molecule has 0 bridgehead atoms. The van der Waals surface area contributed by atoms with Gasteiger partial charge in [-0.2, -0.15) is 0 Å². The van der Waals surface area contributed by atoms with E-state index in [0.717, 1.165) is 25.9 Å². The van der Waals surface area contributed by atoms with Crippen molar-refractivity contribution in [3.05, 3.63) is 0 Å². The van der Waals surface area contributed by atoms with Crippen LogP contribution in [0, 0.1) is 0 Å². The van der Waals surface area contributed by atoms with Crippen molar-refractivity contribution in [1.29, 1.82) is 0 Å². The van der Waals surface area contributed by atoms with E-state index in [1.807, 2.05) is 0 Å². The zero-order chi connectivity index (χ0) is 6.24. The maximum Gasteiger partial charge on any atom is 0 e. The van der Waals surface area contributed by atoms with Crippen molar-refractivity contribution < 1.29 is 0 Å². The first kappa shape index (κ1) is 12.6. The summed E-state index contributed by atoms with van der Waals surface area (Å²) in [6, 6.07) is 0. The van der Waals surface area contributed by atoms with E-state index in [4.69, 9.17) is 11.5 Å². The van der Waals surface area contributed by atoms with Crippen LogP contribution in [0.4, 0.5) is 0 Å². The first-order chi connectivity index (χ1) is 3.91. The van der Waals surface area contributed by atoms with E-state index in [0.29, 0.717) is 0 Å². The fourth-order valence-corrected chi connectivity index (χ4v) is 0.642. The van der Waals surface area contributed by atoms with E-state index in [9.17, 15) is 0 Å². The van der Waals surface area contributed by atoms with Crippen molar-refractivity contribution in [2.75, 3.05) is 13.1 Å². The predicted molar refractivity (Wildman–Crippen MR) is 42.3 cm³/mol. The van der Waals surface area contributed by atoms with Crippen molar-refractivity contribution in [1.82, 2.24) is 0 Å². The summed E-state index contributed by atoms with van der Waals surface area (Å²) < 4.78 is 0. The van der Waals surface area contributed by atoms with E-state index < -0.39 is 0 Å². The SMILES string of the molecule is NCCCCCCN.[Na]. The Hall–Kier alpha value is 0.920. The van der Waals surface area contributed by atoms with Gasteiger partial charge in [-0.15, -0.1) is 0 Å². The van der Waals surface area contributed by atoms with Gasteiger partial charge in [-0.05, 0) is 25.9 Å². The minimum Gasteiger partial charge on any atom is -0.330 e. The van der Waals surface area contributed by atoms with Crippen LogP contribution < -0.4 is 11.5 Å². The van der Waals surface area contributed by atoms with Gasteiger partial charge in [0.1, 0.15) is 0 Å². The molecule has 0 heterocycles. The zero-order valence-electron chi connectivity index (χ0n) is 6.40. The molecule has 0 unspecified atom stereocenters. The van der Waals surface area contributed by atoms with Crippen molar-refractivity contribution in [3.8, 4) is 0 Å². The second-order valence-corrected chi connectivity index (χ2v) is 1.99. The Labute approximate surface area is 79.7 Å². The number of hydrogen-bond donors (Lipinski definition) is 2. The predicted octanol–water partition coefficient (Wildman–Crippen LogP) is 0.0834. The van der Waals surface area contributed by atoms with Crippen molar-refractivity contribution in [2.24, 2.45) is 11.5 Å². The first-order valence-electron chi connectivity index (χ1n) is 3.32. The van der Waals surface area contributed by atoms with E-state index in [2.05, 4.69) is 0 Å². The molecule has 0 aromatic carbocycles. The van der Waals surface area contributed by atoms with Crippen LogP contribution in [0.5, 0.6) is 0 Å².